The van der Waals surface area contributed by atoms with E-state index in [1.165, 1.54) is 99.3 Å². The van der Waals surface area contributed by atoms with Crippen LogP contribution in [0, 0.1) is 41.0 Å². The first-order chi connectivity index (χ1) is 38.5. The Morgan fingerprint density at radius 3 is 1.63 bits per heavy atom. The second kappa shape index (κ2) is 34.2. The average Bonchev–Trinajstić information content (AvgIpc) is 3.43. The molecule has 452 valence electrons. The van der Waals surface area contributed by atoms with Gasteiger partial charge in [-0.2, -0.15) is 11.4 Å². The van der Waals surface area contributed by atoms with Crippen molar-refractivity contribution in [2.75, 3.05) is 0 Å². The molecule has 6 aromatic rings. The van der Waals surface area contributed by atoms with E-state index >= 15 is 0 Å². The molecule has 2 aromatic heterocycles. The van der Waals surface area contributed by atoms with Crippen LogP contribution in [0.2, 0.25) is 18.1 Å². The second-order valence-corrected chi connectivity index (χ2v) is 33.8. The molecule has 0 unspecified atom stereocenters. The standard InChI is InChI=1S/C26H34Br2O2Si.C13H22.C12H17N.C10H12.C6H9N.C6H8N.CH3.Mo/c1-26(2,3)31(4,5)30-25-21(28)15-17-11-7-9-13-19(17)23(25)22-18-12-8-6-10-16(18)14-20(27)24(22)29;1-6-7-8-13(9-11(2)3)10-12(4)5;1-8(2)10-6-5-7-11(9(3)4)12(10)13;1-10(2,3)9-7-5-4-6-8-9;2*1-5-3-4-6(2)7-5;;/h14-15,29H,6-13H2,1-5H3;6,13H,1-2,4,7-10H2,3,5H3;5-9H,1-4H3;1,4-8H,2-3H3;3-4,7H,1-2H3;3-4H,1-2H3;1H3;/q;;;;;2*-1;+2. The zero-order valence-corrected chi connectivity index (χ0v) is 60.7. The summed E-state index contributed by atoms with van der Waals surface area (Å²) in [5.41, 5.74) is 20.3. The molecule has 9 heteroatoms. The third kappa shape index (κ3) is 22.5. The van der Waals surface area contributed by atoms with E-state index in [4.69, 9.17) is 7.92 Å². The van der Waals surface area contributed by atoms with Gasteiger partial charge in [0.15, 0.2) is 0 Å². The van der Waals surface area contributed by atoms with Crippen molar-refractivity contribution in [1.82, 2.24) is 9.97 Å². The summed E-state index contributed by atoms with van der Waals surface area (Å²) in [4.78, 5) is 7.25. The van der Waals surface area contributed by atoms with E-state index in [0.717, 1.165) is 82.2 Å². The van der Waals surface area contributed by atoms with Crippen LogP contribution in [0.5, 0.6) is 11.5 Å². The molecule has 83 heavy (non-hydrogen) atoms. The zero-order valence-electron chi connectivity index (χ0n) is 54.5. The molecule has 0 atom stereocenters. The molecule has 0 fully saturated rings. The normalized spacial score (nSPS) is 12.7. The SMILES string of the molecule is C=CCCC(CC(=C)C)CC(=C)C.CC(C)(C)[Si](C)(C)Oc1c(Br)cc2c(c1-c1c(O)c(Br)cc3c1CCCC3)CCCC2.CC(C)c1cccc(C(C)C)c1[N]=[Mo+2]=[CH]C(C)(C)c1ccccc1.Cc1ccc(C)[n-]1.Cc1ccc(C)[nH]1.[CH3-]. The van der Waals surface area contributed by atoms with E-state index in [1.807, 2.05) is 45.9 Å². The molecular formula is C74H105Br2MoN3O2Si. The van der Waals surface area contributed by atoms with Crippen molar-refractivity contribution in [2.24, 2.45) is 9.41 Å². The molecule has 0 bridgehead atoms. The van der Waals surface area contributed by atoms with Crippen molar-refractivity contribution in [3.63, 3.8) is 0 Å². The van der Waals surface area contributed by atoms with E-state index < -0.39 is 26.2 Å². The molecule has 2 heterocycles. The first-order valence-corrected chi connectivity index (χ1v) is 36.6. The van der Waals surface area contributed by atoms with E-state index in [0.29, 0.717) is 23.5 Å². The van der Waals surface area contributed by atoms with Gasteiger partial charge in [-0.25, -0.2) is 0 Å². The van der Waals surface area contributed by atoms with Crippen LogP contribution in [0.1, 0.15) is 201 Å². The number of hydrogen-bond donors (Lipinski definition) is 2. The number of H-pyrrole nitrogens is 1. The largest absolute Gasteiger partial charge is 0.665 e. The first-order valence-electron chi connectivity index (χ1n) is 30.0. The average molecular weight is 1350 g/mol. The van der Waals surface area contributed by atoms with Crippen LogP contribution in [0.3, 0.4) is 0 Å². The fraction of sp³-hybridized carbons (Fsp3) is 0.459. The van der Waals surface area contributed by atoms with E-state index in [2.05, 4.69) is 228 Å². The summed E-state index contributed by atoms with van der Waals surface area (Å²) in [7, 11) is -2.08. The Labute approximate surface area is 531 Å². The molecule has 0 saturated heterocycles. The van der Waals surface area contributed by atoms with Crippen LogP contribution < -0.4 is 9.41 Å². The number of nitrogens with one attached hydrogen (secondary N) is 1. The minimum absolute atomic E-state index is 0. The Morgan fingerprint density at radius 1 is 0.723 bits per heavy atom. The predicted molar refractivity (Wildman–Crippen MR) is 370 cm³/mol. The maximum Gasteiger partial charge on any atom is 0.0117 e. The number of nitrogens with zero attached hydrogens (tertiary/aromatic N) is 2. The number of aryl methyl sites for hydroxylation is 6. The van der Waals surface area contributed by atoms with Crippen molar-refractivity contribution in [2.45, 2.75) is 216 Å². The van der Waals surface area contributed by atoms with Crippen molar-refractivity contribution in [1.29, 1.82) is 0 Å². The maximum absolute atomic E-state index is 11.4. The molecule has 0 amide bonds. The maximum atomic E-state index is 11.4. The Balaban J connectivity index is 0.000000305. The van der Waals surface area contributed by atoms with Gasteiger partial charge in [0, 0.05) is 22.5 Å². The molecule has 0 radical (unpaired) electrons. The Hall–Kier alpha value is -4.20. The minimum Gasteiger partial charge on any atom is -0.665 e. The fourth-order valence-corrected chi connectivity index (χ4v) is 14.5. The topological polar surface area (TPSA) is 71.7 Å². The summed E-state index contributed by atoms with van der Waals surface area (Å²) in [6.07, 6.45) is 15.6. The van der Waals surface area contributed by atoms with Gasteiger partial charge < -0.3 is 26.9 Å². The summed E-state index contributed by atoms with van der Waals surface area (Å²) in [6.45, 7) is 49.0. The number of rotatable bonds is 15. The minimum atomic E-state index is -2.08. The van der Waals surface area contributed by atoms with Crippen LogP contribution in [-0.2, 0) is 49.0 Å². The van der Waals surface area contributed by atoms with Gasteiger partial charge in [0.1, 0.15) is 11.5 Å². The van der Waals surface area contributed by atoms with E-state index in [9.17, 15) is 5.11 Å². The summed E-state index contributed by atoms with van der Waals surface area (Å²) < 4.78 is 16.4. The number of benzene rings is 4. The van der Waals surface area contributed by atoms with Gasteiger partial charge in [0.2, 0.25) is 0 Å². The molecular weight excluding hydrogens is 1250 g/mol. The van der Waals surface area contributed by atoms with Gasteiger partial charge in [-0.1, -0.05) is 64.0 Å². The van der Waals surface area contributed by atoms with Gasteiger partial charge in [0.25, 0.3) is 8.32 Å². The zero-order chi connectivity index (χ0) is 61.1. The van der Waals surface area contributed by atoms with Crippen molar-refractivity contribution in [3.8, 4) is 22.6 Å². The third-order valence-electron chi connectivity index (χ3n) is 15.8. The van der Waals surface area contributed by atoms with Crippen LogP contribution in [-0.4, -0.2) is 22.8 Å². The molecule has 0 saturated carbocycles. The predicted octanol–water partition coefficient (Wildman–Crippen LogP) is 23.2. The Kier molecular flexibility index (Phi) is 30.1. The second-order valence-electron chi connectivity index (χ2n) is 25.8. The number of fused-ring (bicyclic) bond motifs is 2. The number of aromatic amines is 1. The molecule has 0 spiro atoms. The quantitative estimate of drug-likeness (QED) is 0.0611. The van der Waals surface area contributed by atoms with Crippen molar-refractivity contribution in [3.05, 3.63) is 200 Å². The number of halogens is 2. The fourth-order valence-electron chi connectivity index (χ4n) is 10.4. The van der Waals surface area contributed by atoms with Gasteiger partial charge in [-0.15, -0.1) is 19.7 Å². The summed E-state index contributed by atoms with van der Waals surface area (Å²) >= 11 is 6.99. The van der Waals surface area contributed by atoms with Gasteiger partial charge in [0.05, 0.1) is 8.95 Å². The van der Waals surface area contributed by atoms with Gasteiger partial charge >= 0.3 is 156 Å². The van der Waals surface area contributed by atoms with Crippen LogP contribution in [0.25, 0.3) is 11.1 Å². The summed E-state index contributed by atoms with van der Waals surface area (Å²) in [6, 6.07) is 30.0. The Morgan fingerprint density at radius 2 is 1.20 bits per heavy atom. The number of phenolic OH excluding ortho intramolecular Hbond substituents is 1. The summed E-state index contributed by atoms with van der Waals surface area (Å²) in [5, 5.41) is 11.5. The molecule has 4 aromatic carbocycles. The first kappa shape index (κ1) is 73.1. The molecule has 2 N–H and O–H groups in total. The molecule has 2 aliphatic rings. The number of hydrogen-bond acceptors (Lipinski definition) is 3. The van der Waals surface area contributed by atoms with E-state index in [-0.39, 0.29) is 17.9 Å². The molecule has 5 nitrogen and oxygen atoms in total. The molecule has 8 rings (SSSR count). The van der Waals surface area contributed by atoms with Gasteiger partial charge in [-0.3, -0.25) is 0 Å². The molecule has 2 aliphatic carbocycles. The number of aromatic nitrogens is 2. The Bertz CT molecular complexity index is 2990. The number of phenols is 1. The smallest absolute Gasteiger partial charge is 0.0117 e. The van der Waals surface area contributed by atoms with Gasteiger partial charge in [-0.05, 0) is 207 Å². The van der Waals surface area contributed by atoms with E-state index in [1.54, 1.807) is 0 Å². The third-order valence-corrected chi connectivity index (χ3v) is 23.8. The van der Waals surface area contributed by atoms with Crippen molar-refractivity contribution >= 4 is 50.3 Å². The summed E-state index contributed by atoms with van der Waals surface area (Å²) in [5.74, 6) is 3.04. The van der Waals surface area contributed by atoms with Crippen molar-refractivity contribution < 1.29 is 27.5 Å². The van der Waals surface area contributed by atoms with Crippen LogP contribution >= 0.6 is 31.9 Å². The number of aromatic hydroxyl groups is 1. The number of allylic oxidation sites excluding steroid dienone is 3. The van der Waals surface area contributed by atoms with Crippen LogP contribution in [0.15, 0.2) is 134 Å². The molecule has 0 aliphatic heterocycles. The van der Waals surface area contributed by atoms with Crippen LogP contribution in [0.4, 0.5) is 5.69 Å². The monoisotopic (exact) mass is 1350 g/mol.